The summed E-state index contributed by atoms with van der Waals surface area (Å²) in [5.41, 5.74) is 0.193. The standard InChI is InChI=1S/C17H21N3O8S2/c1-3-20(4-2)30(25,26)13-7-5-6-12(10-13)19-15(21)11-27-17(22)14-8-9-16(28-14)29(18,23)24/h5-10H,3-4,11H2,1-2H3,(H,19,21)(H2,18,23,24). The van der Waals surface area contributed by atoms with E-state index in [-0.39, 0.29) is 10.6 Å². The third kappa shape index (κ3) is 5.66. The van der Waals surface area contributed by atoms with Gasteiger partial charge in [0.2, 0.25) is 20.9 Å². The summed E-state index contributed by atoms with van der Waals surface area (Å²) in [6.45, 7) is 3.31. The van der Waals surface area contributed by atoms with Crippen molar-refractivity contribution in [2.45, 2.75) is 23.8 Å². The number of carbonyl (C=O) groups is 2. The topological polar surface area (TPSA) is 166 Å². The van der Waals surface area contributed by atoms with Crippen LogP contribution in [0.1, 0.15) is 24.4 Å². The predicted octanol–water partition coefficient (Wildman–Crippen LogP) is 0.753. The number of anilines is 1. The summed E-state index contributed by atoms with van der Waals surface area (Å²) < 4.78 is 58.2. The number of furan rings is 1. The van der Waals surface area contributed by atoms with Crippen molar-refractivity contribution in [3.8, 4) is 0 Å². The molecule has 11 nitrogen and oxygen atoms in total. The van der Waals surface area contributed by atoms with Gasteiger partial charge < -0.3 is 14.5 Å². The zero-order valence-electron chi connectivity index (χ0n) is 16.2. The van der Waals surface area contributed by atoms with Crippen LogP contribution in [0.2, 0.25) is 0 Å². The molecule has 0 unspecified atom stereocenters. The number of nitrogens with one attached hydrogen (secondary N) is 1. The molecule has 0 spiro atoms. The summed E-state index contributed by atoms with van der Waals surface area (Å²) in [4.78, 5) is 23.9. The molecule has 3 N–H and O–H groups in total. The second-order valence-electron chi connectivity index (χ2n) is 5.91. The Morgan fingerprint density at radius 3 is 2.33 bits per heavy atom. The molecular weight excluding hydrogens is 438 g/mol. The molecule has 2 rings (SSSR count). The fourth-order valence-electron chi connectivity index (χ4n) is 2.43. The number of amides is 1. The van der Waals surface area contributed by atoms with Gasteiger partial charge in [-0.2, -0.15) is 4.31 Å². The number of rotatable bonds is 9. The van der Waals surface area contributed by atoms with Gasteiger partial charge in [0.05, 0.1) is 4.90 Å². The van der Waals surface area contributed by atoms with Crippen LogP contribution >= 0.6 is 0 Å². The number of ether oxygens (including phenoxy) is 1. The Bertz CT molecular complexity index is 1140. The van der Waals surface area contributed by atoms with Crippen molar-refractivity contribution in [1.82, 2.24) is 4.31 Å². The Balaban J connectivity index is 2.02. The van der Waals surface area contributed by atoms with Crippen molar-refractivity contribution in [3.05, 3.63) is 42.2 Å². The molecule has 0 aliphatic carbocycles. The van der Waals surface area contributed by atoms with E-state index in [2.05, 4.69) is 5.32 Å². The number of hydrogen-bond acceptors (Lipinski definition) is 8. The van der Waals surface area contributed by atoms with Gasteiger partial charge in [0.15, 0.2) is 6.61 Å². The van der Waals surface area contributed by atoms with E-state index >= 15 is 0 Å². The highest BCUT2D eigenvalue weighted by Crippen LogP contribution is 2.19. The van der Waals surface area contributed by atoms with Crippen molar-refractivity contribution < 1.29 is 35.6 Å². The number of benzene rings is 1. The molecule has 2 aromatic rings. The van der Waals surface area contributed by atoms with E-state index < -0.39 is 49.4 Å². The maximum Gasteiger partial charge on any atom is 0.374 e. The largest absolute Gasteiger partial charge is 0.450 e. The molecule has 30 heavy (non-hydrogen) atoms. The van der Waals surface area contributed by atoms with E-state index in [9.17, 15) is 26.4 Å². The molecule has 0 aliphatic heterocycles. The Morgan fingerprint density at radius 2 is 1.77 bits per heavy atom. The first-order valence-electron chi connectivity index (χ1n) is 8.68. The summed E-state index contributed by atoms with van der Waals surface area (Å²) in [7, 11) is -7.83. The molecule has 0 saturated heterocycles. The highest BCUT2D eigenvalue weighted by Gasteiger charge is 2.22. The second kappa shape index (κ2) is 9.38. The summed E-state index contributed by atoms with van der Waals surface area (Å²) >= 11 is 0. The van der Waals surface area contributed by atoms with Crippen molar-refractivity contribution >= 4 is 37.6 Å². The van der Waals surface area contributed by atoms with Crippen LogP contribution in [0, 0.1) is 0 Å². The van der Waals surface area contributed by atoms with Crippen LogP contribution in [0.15, 0.2) is 50.8 Å². The van der Waals surface area contributed by atoms with Crippen molar-refractivity contribution in [2.75, 3.05) is 25.0 Å². The lowest BCUT2D eigenvalue weighted by Crippen LogP contribution is -2.30. The normalized spacial score (nSPS) is 12.0. The van der Waals surface area contributed by atoms with Gasteiger partial charge in [0.1, 0.15) is 0 Å². The van der Waals surface area contributed by atoms with Crippen molar-refractivity contribution in [2.24, 2.45) is 5.14 Å². The Morgan fingerprint density at radius 1 is 1.10 bits per heavy atom. The number of primary sulfonamides is 1. The third-order valence-corrected chi connectivity index (χ3v) is 6.68. The lowest BCUT2D eigenvalue weighted by molar-refractivity contribution is -0.119. The molecular formula is C17H21N3O8S2. The average molecular weight is 460 g/mol. The summed E-state index contributed by atoms with van der Waals surface area (Å²) in [5, 5.41) is 6.67. The van der Waals surface area contributed by atoms with Crippen LogP contribution in [-0.2, 0) is 29.6 Å². The highest BCUT2D eigenvalue weighted by atomic mass is 32.2. The minimum Gasteiger partial charge on any atom is -0.450 e. The maximum absolute atomic E-state index is 12.6. The van der Waals surface area contributed by atoms with Gasteiger partial charge in [-0.25, -0.2) is 26.8 Å². The van der Waals surface area contributed by atoms with Crippen LogP contribution in [0.3, 0.4) is 0 Å². The number of sulfonamides is 2. The minimum atomic E-state index is -4.12. The van der Waals surface area contributed by atoms with Gasteiger partial charge in [-0.3, -0.25) is 4.79 Å². The molecule has 0 bridgehead atoms. The lowest BCUT2D eigenvalue weighted by Gasteiger charge is -2.18. The second-order valence-corrected chi connectivity index (χ2v) is 9.34. The van der Waals surface area contributed by atoms with Crippen LogP contribution in [-0.4, -0.2) is 52.7 Å². The predicted molar refractivity (Wildman–Crippen MR) is 106 cm³/mol. The van der Waals surface area contributed by atoms with Gasteiger partial charge in [0.25, 0.3) is 15.9 Å². The van der Waals surface area contributed by atoms with E-state index in [1.165, 1.54) is 28.6 Å². The first-order chi connectivity index (χ1) is 14.0. The van der Waals surface area contributed by atoms with Gasteiger partial charge >= 0.3 is 5.97 Å². The molecule has 0 aliphatic rings. The molecule has 1 aromatic heterocycles. The average Bonchev–Trinajstić information content (AvgIpc) is 3.18. The van der Waals surface area contributed by atoms with Crippen LogP contribution in [0.25, 0.3) is 0 Å². The van der Waals surface area contributed by atoms with Gasteiger partial charge in [-0.05, 0) is 30.3 Å². The highest BCUT2D eigenvalue weighted by molar-refractivity contribution is 7.89. The van der Waals surface area contributed by atoms with Crippen LogP contribution in [0.5, 0.6) is 0 Å². The molecule has 164 valence electrons. The number of esters is 1. The van der Waals surface area contributed by atoms with Crippen molar-refractivity contribution in [3.63, 3.8) is 0 Å². The number of nitrogens with two attached hydrogens (primary N) is 1. The maximum atomic E-state index is 12.6. The Hall–Kier alpha value is -2.74. The van der Waals surface area contributed by atoms with Gasteiger partial charge in [0, 0.05) is 18.8 Å². The number of carbonyl (C=O) groups excluding carboxylic acids is 2. The molecule has 1 aromatic carbocycles. The summed E-state index contributed by atoms with van der Waals surface area (Å²) in [5.74, 6) is -2.25. The molecule has 0 atom stereocenters. The Kier molecular flexibility index (Phi) is 7.36. The SMILES string of the molecule is CCN(CC)S(=O)(=O)c1cccc(NC(=O)COC(=O)c2ccc(S(N)(=O)=O)o2)c1. The van der Waals surface area contributed by atoms with Crippen LogP contribution in [0.4, 0.5) is 5.69 Å². The van der Waals surface area contributed by atoms with E-state index in [0.29, 0.717) is 13.1 Å². The lowest BCUT2D eigenvalue weighted by atomic mass is 10.3. The van der Waals surface area contributed by atoms with E-state index in [0.717, 1.165) is 12.1 Å². The number of nitrogens with zero attached hydrogens (tertiary/aromatic N) is 1. The monoisotopic (exact) mass is 459 g/mol. The van der Waals surface area contributed by atoms with E-state index in [4.69, 9.17) is 14.3 Å². The zero-order chi connectivity index (χ0) is 22.5. The quantitative estimate of drug-likeness (QED) is 0.518. The first kappa shape index (κ1) is 23.5. The smallest absolute Gasteiger partial charge is 0.374 e. The van der Waals surface area contributed by atoms with Gasteiger partial charge in [-0.15, -0.1) is 0 Å². The van der Waals surface area contributed by atoms with E-state index in [1.54, 1.807) is 13.8 Å². The molecule has 1 heterocycles. The molecule has 0 saturated carbocycles. The fraction of sp³-hybridized carbons (Fsp3) is 0.294. The number of hydrogen-bond donors (Lipinski definition) is 2. The first-order valence-corrected chi connectivity index (χ1v) is 11.7. The minimum absolute atomic E-state index is 0.00658. The molecule has 13 heteroatoms. The van der Waals surface area contributed by atoms with E-state index in [1.807, 2.05) is 0 Å². The summed E-state index contributed by atoms with van der Waals surface area (Å²) in [6.07, 6.45) is 0. The zero-order valence-corrected chi connectivity index (χ0v) is 17.8. The van der Waals surface area contributed by atoms with Gasteiger partial charge in [-0.1, -0.05) is 19.9 Å². The van der Waals surface area contributed by atoms with Crippen LogP contribution < -0.4 is 10.5 Å². The summed E-state index contributed by atoms with van der Waals surface area (Å²) in [6, 6.07) is 7.67. The fourth-order valence-corrected chi connectivity index (χ4v) is 4.40. The molecule has 0 fully saturated rings. The third-order valence-electron chi connectivity index (χ3n) is 3.86. The van der Waals surface area contributed by atoms with Crippen molar-refractivity contribution in [1.29, 1.82) is 0 Å². The molecule has 1 amide bonds. The Labute approximate surface area is 173 Å². The molecule has 0 radical (unpaired) electrons.